The van der Waals surface area contributed by atoms with Gasteiger partial charge in [-0.2, -0.15) is 12.6 Å². The molecular formula is C16H28N2O2S. The van der Waals surface area contributed by atoms with Gasteiger partial charge in [-0.1, -0.05) is 27.2 Å². The maximum Gasteiger partial charge on any atom is 0.325 e. The minimum Gasteiger partial charge on any atom is -0.323 e. The van der Waals surface area contributed by atoms with Crippen molar-refractivity contribution in [3.8, 4) is 0 Å². The molecule has 2 fully saturated rings. The first-order valence-corrected chi connectivity index (χ1v) is 8.81. The number of nitrogens with zero attached hydrogens (tertiary/aromatic N) is 1. The first-order chi connectivity index (χ1) is 9.93. The second kappa shape index (κ2) is 6.59. The summed E-state index contributed by atoms with van der Waals surface area (Å²) in [7, 11) is 0. The van der Waals surface area contributed by atoms with Gasteiger partial charge in [-0.3, -0.25) is 9.69 Å². The molecule has 1 N–H and O–H groups in total. The molecule has 3 unspecified atom stereocenters. The Morgan fingerprint density at radius 3 is 2.48 bits per heavy atom. The molecule has 3 amide bonds. The Hall–Kier alpha value is -0.710. The largest absolute Gasteiger partial charge is 0.325 e. The van der Waals surface area contributed by atoms with E-state index in [9.17, 15) is 9.59 Å². The van der Waals surface area contributed by atoms with E-state index < -0.39 is 5.54 Å². The number of rotatable bonds is 5. The summed E-state index contributed by atoms with van der Waals surface area (Å²) in [6, 6.07) is -0.196. The fourth-order valence-corrected chi connectivity index (χ4v) is 4.31. The Labute approximate surface area is 133 Å². The second-order valence-electron chi connectivity index (χ2n) is 6.90. The van der Waals surface area contributed by atoms with Crippen molar-refractivity contribution in [1.82, 2.24) is 10.2 Å². The van der Waals surface area contributed by atoms with Crippen molar-refractivity contribution in [2.75, 3.05) is 12.3 Å². The lowest BCUT2D eigenvalue weighted by Gasteiger charge is -2.42. The van der Waals surface area contributed by atoms with E-state index in [0.717, 1.165) is 37.9 Å². The van der Waals surface area contributed by atoms with E-state index in [4.69, 9.17) is 0 Å². The molecule has 3 atom stereocenters. The molecule has 0 aromatic rings. The lowest BCUT2D eigenvalue weighted by Crippen LogP contribution is -2.58. The lowest BCUT2D eigenvalue weighted by molar-refractivity contribution is -0.136. The molecule has 1 heterocycles. The molecule has 1 saturated heterocycles. The summed E-state index contributed by atoms with van der Waals surface area (Å²) in [4.78, 5) is 26.7. The zero-order valence-corrected chi connectivity index (χ0v) is 14.3. The van der Waals surface area contributed by atoms with Gasteiger partial charge in [0.1, 0.15) is 5.54 Å². The number of hydrogen-bond acceptors (Lipinski definition) is 3. The van der Waals surface area contributed by atoms with Gasteiger partial charge in [0.25, 0.3) is 5.91 Å². The molecule has 0 aromatic carbocycles. The quantitative estimate of drug-likeness (QED) is 0.605. The van der Waals surface area contributed by atoms with Gasteiger partial charge in [0.2, 0.25) is 0 Å². The van der Waals surface area contributed by atoms with Crippen LogP contribution in [-0.2, 0) is 4.79 Å². The minimum absolute atomic E-state index is 0.00488. The standard InChI is InChI=1S/C16H28N2O2S/c1-11(8-10-21)7-9-18-14(19)16(17-15(18)20)12(2)5-4-6-13(16)3/h11-13,21H,4-10H2,1-3H3,(H,17,20). The van der Waals surface area contributed by atoms with Crippen LogP contribution in [0.5, 0.6) is 0 Å². The molecule has 1 aliphatic heterocycles. The van der Waals surface area contributed by atoms with Gasteiger partial charge in [0.05, 0.1) is 0 Å². The summed E-state index contributed by atoms with van der Waals surface area (Å²) in [5.74, 6) is 1.78. The molecule has 2 rings (SSSR count). The fraction of sp³-hybridized carbons (Fsp3) is 0.875. The number of nitrogens with one attached hydrogen (secondary N) is 1. The smallest absolute Gasteiger partial charge is 0.323 e. The molecule has 1 spiro atoms. The first-order valence-electron chi connectivity index (χ1n) is 8.18. The van der Waals surface area contributed by atoms with E-state index in [1.807, 2.05) is 0 Å². The number of carbonyl (C=O) groups is 2. The molecular weight excluding hydrogens is 284 g/mol. The van der Waals surface area contributed by atoms with Crippen molar-refractivity contribution in [3.05, 3.63) is 0 Å². The monoisotopic (exact) mass is 312 g/mol. The molecule has 1 aliphatic carbocycles. The summed E-state index contributed by atoms with van der Waals surface area (Å²) >= 11 is 4.24. The molecule has 5 heteroatoms. The van der Waals surface area contributed by atoms with Crippen LogP contribution in [0.3, 0.4) is 0 Å². The van der Waals surface area contributed by atoms with Crippen LogP contribution in [0.25, 0.3) is 0 Å². The van der Waals surface area contributed by atoms with Crippen LogP contribution < -0.4 is 5.32 Å². The van der Waals surface area contributed by atoms with Crippen LogP contribution in [0.4, 0.5) is 4.79 Å². The van der Waals surface area contributed by atoms with Crippen LogP contribution in [0.1, 0.15) is 52.9 Å². The van der Waals surface area contributed by atoms with Crippen molar-refractivity contribution < 1.29 is 9.59 Å². The van der Waals surface area contributed by atoms with Gasteiger partial charge in [-0.05, 0) is 49.2 Å². The van der Waals surface area contributed by atoms with Crippen molar-refractivity contribution >= 4 is 24.6 Å². The Morgan fingerprint density at radius 2 is 1.90 bits per heavy atom. The van der Waals surface area contributed by atoms with Crippen LogP contribution in [0.15, 0.2) is 0 Å². The molecule has 1 saturated carbocycles. The van der Waals surface area contributed by atoms with E-state index in [-0.39, 0.29) is 23.8 Å². The highest BCUT2D eigenvalue weighted by molar-refractivity contribution is 7.80. The number of amides is 3. The maximum absolute atomic E-state index is 12.9. The van der Waals surface area contributed by atoms with Crippen LogP contribution in [0, 0.1) is 17.8 Å². The Morgan fingerprint density at radius 1 is 1.29 bits per heavy atom. The van der Waals surface area contributed by atoms with Gasteiger partial charge in [-0.25, -0.2) is 4.79 Å². The Balaban J connectivity index is 2.09. The average Bonchev–Trinajstić information content (AvgIpc) is 2.67. The van der Waals surface area contributed by atoms with E-state index >= 15 is 0 Å². The van der Waals surface area contributed by atoms with Gasteiger partial charge >= 0.3 is 6.03 Å². The summed E-state index contributed by atoms with van der Waals surface area (Å²) in [5, 5.41) is 3.05. The third-order valence-electron chi connectivity index (χ3n) is 5.45. The first kappa shape index (κ1) is 16.7. The van der Waals surface area contributed by atoms with Gasteiger partial charge in [0.15, 0.2) is 0 Å². The maximum atomic E-state index is 12.9. The molecule has 21 heavy (non-hydrogen) atoms. The van der Waals surface area contributed by atoms with Gasteiger partial charge in [-0.15, -0.1) is 0 Å². The number of urea groups is 1. The van der Waals surface area contributed by atoms with Crippen LogP contribution in [-0.4, -0.2) is 34.7 Å². The Bertz CT molecular complexity index is 403. The summed E-state index contributed by atoms with van der Waals surface area (Å²) in [5.41, 5.74) is -0.651. The fourth-order valence-electron chi connectivity index (χ4n) is 3.87. The SMILES string of the molecule is CC(CCS)CCN1C(=O)NC2(C1=O)C(C)CCCC2C. The molecule has 0 radical (unpaired) electrons. The molecule has 4 nitrogen and oxygen atoms in total. The van der Waals surface area contributed by atoms with E-state index in [2.05, 4.69) is 38.7 Å². The highest BCUT2D eigenvalue weighted by Crippen LogP contribution is 2.42. The summed E-state index contributed by atoms with van der Waals surface area (Å²) in [6.45, 7) is 6.87. The van der Waals surface area contributed by atoms with Crippen molar-refractivity contribution in [2.45, 2.75) is 58.4 Å². The van der Waals surface area contributed by atoms with Gasteiger partial charge < -0.3 is 5.32 Å². The van der Waals surface area contributed by atoms with E-state index in [0.29, 0.717) is 12.5 Å². The van der Waals surface area contributed by atoms with Crippen LogP contribution in [0.2, 0.25) is 0 Å². The summed E-state index contributed by atoms with van der Waals surface area (Å²) in [6.07, 6.45) is 5.05. The van der Waals surface area contributed by atoms with E-state index in [1.54, 1.807) is 0 Å². The third-order valence-corrected chi connectivity index (χ3v) is 5.71. The predicted molar refractivity (Wildman–Crippen MR) is 87.4 cm³/mol. The molecule has 120 valence electrons. The van der Waals surface area contributed by atoms with Crippen molar-refractivity contribution in [1.29, 1.82) is 0 Å². The zero-order valence-electron chi connectivity index (χ0n) is 13.4. The average molecular weight is 312 g/mol. The molecule has 2 aliphatic rings. The lowest BCUT2D eigenvalue weighted by atomic mass is 9.67. The molecule has 0 bridgehead atoms. The van der Waals surface area contributed by atoms with Crippen molar-refractivity contribution in [2.24, 2.45) is 17.8 Å². The predicted octanol–water partition coefficient (Wildman–Crippen LogP) is 3.08. The third kappa shape index (κ3) is 2.94. The highest BCUT2D eigenvalue weighted by Gasteiger charge is 2.58. The van der Waals surface area contributed by atoms with Gasteiger partial charge in [0, 0.05) is 6.54 Å². The summed E-state index contributed by atoms with van der Waals surface area (Å²) < 4.78 is 0. The highest BCUT2D eigenvalue weighted by atomic mass is 32.1. The normalized spacial score (nSPS) is 34.4. The van der Waals surface area contributed by atoms with Crippen molar-refractivity contribution in [3.63, 3.8) is 0 Å². The van der Waals surface area contributed by atoms with E-state index in [1.165, 1.54) is 4.90 Å². The number of imide groups is 1. The minimum atomic E-state index is -0.651. The number of carbonyl (C=O) groups excluding carboxylic acids is 2. The second-order valence-corrected chi connectivity index (χ2v) is 7.34. The Kier molecular flexibility index (Phi) is 5.23. The number of thiol groups is 1. The van der Waals surface area contributed by atoms with Crippen LogP contribution >= 0.6 is 12.6 Å². The number of hydrogen-bond donors (Lipinski definition) is 2. The zero-order chi connectivity index (χ0) is 15.6. The molecule has 0 aromatic heterocycles. The topological polar surface area (TPSA) is 49.4 Å².